The number of hydrogen-bond donors (Lipinski definition) is 0. The van der Waals surface area contributed by atoms with Crippen molar-refractivity contribution in [2.75, 3.05) is 13.7 Å². The first-order valence-corrected chi connectivity index (χ1v) is 6.11. The van der Waals surface area contributed by atoms with Gasteiger partial charge in [-0.3, -0.25) is 4.79 Å². The first-order valence-electron chi connectivity index (χ1n) is 5.04. The summed E-state index contributed by atoms with van der Waals surface area (Å²) in [6.07, 6.45) is 0.792. The molecule has 1 aromatic carbocycles. The van der Waals surface area contributed by atoms with Crippen LogP contribution in [0.1, 0.15) is 24.2 Å². The van der Waals surface area contributed by atoms with E-state index in [9.17, 15) is 4.79 Å². The summed E-state index contributed by atoms with van der Waals surface area (Å²) in [5, 5.41) is 0. The summed E-state index contributed by atoms with van der Waals surface area (Å²) in [6, 6.07) is 3.54. The van der Waals surface area contributed by atoms with Gasteiger partial charge in [0, 0.05) is 0 Å². The van der Waals surface area contributed by atoms with Crippen molar-refractivity contribution >= 4 is 28.9 Å². The molecule has 0 bridgehead atoms. The van der Waals surface area contributed by atoms with Crippen LogP contribution in [-0.2, 0) is 0 Å². The lowest BCUT2D eigenvalue weighted by Crippen LogP contribution is -2.07. The van der Waals surface area contributed by atoms with Crippen LogP contribution in [0.4, 0.5) is 0 Å². The lowest BCUT2D eigenvalue weighted by atomic mass is 10.2. The zero-order valence-corrected chi connectivity index (χ0v) is 11.8. The van der Waals surface area contributed by atoms with E-state index >= 15 is 0 Å². The van der Waals surface area contributed by atoms with Gasteiger partial charge in [0.15, 0.2) is 6.29 Å². The number of ether oxygens (including phenoxy) is 2. The van der Waals surface area contributed by atoms with Crippen molar-refractivity contribution in [2.24, 2.45) is 5.92 Å². The van der Waals surface area contributed by atoms with Gasteiger partial charge in [-0.15, -0.1) is 0 Å². The highest BCUT2D eigenvalue weighted by atomic mass is 127. The van der Waals surface area contributed by atoms with Crippen LogP contribution in [0.15, 0.2) is 12.1 Å². The topological polar surface area (TPSA) is 35.5 Å². The number of carbonyl (C=O) groups is 1. The van der Waals surface area contributed by atoms with Crippen LogP contribution in [0.3, 0.4) is 0 Å². The van der Waals surface area contributed by atoms with E-state index in [-0.39, 0.29) is 0 Å². The maximum absolute atomic E-state index is 11.0. The zero-order chi connectivity index (χ0) is 12.1. The minimum atomic E-state index is 0.428. The normalized spacial score (nSPS) is 10.3. The van der Waals surface area contributed by atoms with Gasteiger partial charge in [-0.1, -0.05) is 13.8 Å². The maximum atomic E-state index is 11.0. The molecule has 0 saturated heterocycles. The summed E-state index contributed by atoms with van der Waals surface area (Å²) in [7, 11) is 1.58. The number of carbonyl (C=O) groups excluding carboxylic acids is 1. The zero-order valence-electron chi connectivity index (χ0n) is 9.62. The first kappa shape index (κ1) is 13.3. The Morgan fingerprint density at radius 2 is 2.12 bits per heavy atom. The van der Waals surface area contributed by atoms with Gasteiger partial charge in [0.1, 0.15) is 11.5 Å². The van der Waals surface area contributed by atoms with Gasteiger partial charge in [-0.05, 0) is 40.6 Å². The minimum Gasteiger partial charge on any atom is -0.497 e. The summed E-state index contributed by atoms with van der Waals surface area (Å²) in [6.45, 7) is 4.73. The van der Waals surface area contributed by atoms with Crippen molar-refractivity contribution in [1.82, 2.24) is 0 Å². The Balaban J connectivity index is 3.01. The minimum absolute atomic E-state index is 0.428. The standard InChI is InChI=1S/C12H15IO3/c1-8(2)7-16-12-9(6-14)4-10(15-3)5-11(12)13/h4-6,8H,7H2,1-3H3. The monoisotopic (exact) mass is 334 g/mol. The predicted molar refractivity (Wildman–Crippen MR) is 71.4 cm³/mol. The van der Waals surface area contributed by atoms with E-state index < -0.39 is 0 Å². The molecular formula is C12H15IO3. The lowest BCUT2D eigenvalue weighted by molar-refractivity contribution is 0.111. The molecule has 0 heterocycles. The van der Waals surface area contributed by atoms with E-state index in [1.807, 2.05) is 6.07 Å². The highest BCUT2D eigenvalue weighted by molar-refractivity contribution is 14.1. The average Bonchev–Trinajstić information content (AvgIpc) is 2.26. The SMILES string of the molecule is COc1cc(I)c(OCC(C)C)c(C=O)c1. The lowest BCUT2D eigenvalue weighted by Gasteiger charge is -2.13. The van der Waals surface area contributed by atoms with Crippen molar-refractivity contribution < 1.29 is 14.3 Å². The molecule has 0 unspecified atom stereocenters. The van der Waals surface area contributed by atoms with Gasteiger partial charge in [0.05, 0.1) is 22.9 Å². The number of methoxy groups -OCH3 is 1. The van der Waals surface area contributed by atoms with Gasteiger partial charge < -0.3 is 9.47 Å². The summed E-state index contributed by atoms with van der Waals surface area (Å²) in [5.74, 6) is 1.74. The Labute approximate surface area is 109 Å². The largest absolute Gasteiger partial charge is 0.497 e. The molecule has 88 valence electrons. The fourth-order valence-corrected chi connectivity index (χ4v) is 1.97. The molecule has 0 atom stereocenters. The van der Waals surface area contributed by atoms with E-state index in [4.69, 9.17) is 9.47 Å². The third-order valence-corrected chi connectivity index (χ3v) is 2.77. The molecule has 0 aliphatic rings. The fraction of sp³-hybridized carbons (Fsp3) is 0.417. The number of rotatable bonds is 5. The number of benzene rings is 1. The molecular weight excluding hydrogens is 319 g/mol. The molecule has 4 heteroatoms. The third kappa shape index (κ3) is 3.37. The molecule has 0 aliphatic heterocycles. The third-order valence-electron chi connectivity index (χ3n) is 1.97. The van der Waals surface area contributed by atoms with Gasteiger partial charge in [-0.25, -0.2) is 0 Å². The van der Waals surface area contributed by atoms with Crippen LogP contribution in [0.2, 0.25) is 0 Å². The van der Waals surface area contributed by atoms with Gasteiger partial charge in [-0.2, -0.15) is 0 Å². The number of hydrogen-bond acceptors (Lipinski definition) is 3. The van der Waals surface area contributed by atoms with Crippen molar-refractivity contribution in [3.63, 3.8) is 0 Å². The molecule has 0 spiro atoms. The first-order chi connectivity index (χ1) is 7.58. The summed E-state index contributed by atoms with van der Waals surface area (Å²) < 4.78 is 11.6. The van der Waals surface area contributed by atoms with Crippen LogP contribution >= 0.6 is 22.6 Å². The Morgan fingerprint density at radius 1 is 1.44 bits per heavy atom. The number of aldehydes is 1. The molecule has 1 rings (SSSR count). The quantitative estimate of drug-likeness (QED) is 0.613. The highest BCUT2D eigenvalue weighted by Crippen LogP contribution is 2.30. The highest BCUT2D eigenvalue weighted by Gasteiger charge is 2.11. The van der Waals surface area contributed by atoms with Gasteiger partial charge >= 0.3 is 0 Å². The fourth-order valence-electron chi connectivity index (χ4n) is 1.20. The Bertz CT molecular complexity index is 375. The maximum Gasteiger partial charge on any atom is 0.153 e. The summed E-state index contributed by atoms with van der Waals surface area (Å²) in [4.78, 5) is 11.0. The molecule has 0 aromatic heterocycles. The van der Waals surface area contributed by atoms with Crippen LogP contribution in [-0.4, -0.2) is 20.0 Å². The van der Waals surface area contributed by atoms with Gasteiger partial charge in [0.25, 0.3) is 0 Å². The van der Waals surface area contributed by atoms with Crippen molar-refractivity contribution in [1.29, 1.82) is 0 Å². The van der Waals surface area contributed by atoms with E-state index in [2.05, 4.69) is 36.4 Å². The second-order valence-corrected chi connectivity index (χ2v) is 5.01. The molecule has 0 N–H and O–H groups in total. The Kier molecular flexibility index (Phi) is 5.05. The average molecular weight is 334 g/mol. The van der Waals surface area contributed by atoms with Crippen LogP contribution in [0.5, 0.6) is 11.5 Å². The van der Waals surface area contributed by atoms with Crippen LogP contribution < -0.4 is 9.47 Å². The van der Waals surface area contributed by atoms with Crippen molar-refractivity contribution in [3.05, 3.63) is 21.3 Å². The molecule has 16 heavy (non-hydrogen) atoms. The predicted octanol–water partition coefficient (Wildman–Crippen LogP) is 3.15. The second kappa shape index (κ2) is 6.08. The van der Waals surface area contributed by atoms with Gasteiger partial charge in [0.2, 0.25) is 0 Å². The van der Waals surface area contributed by atoms with E-state index in [0.29, 0.717) is 29.6 Å². The van der Waals surface area contributed by atoms with Crippen molar-refractivity contribution in [2.45, 2.75) is 13.8 Å². The van der Waals surface area contributed by atoms with E-state index in [1.165, 1.54) is 0 Å². The van der Waals surface area contributed by atoms with E-state index in [1.54, 1.807) is 13.2 Å². The number of halogens is 1. The van der Waals surface area contributed by atoms with Crippen LogP contribution in [0.25, 0.3) is 0 Å². The van der Waals surface area contributed by atoms with E-state index in [0.717, 1.165) is 9.86 Å². The smallest absolute Gasteiger partial charge is 0.153 e. The summed E-state index contributed by atoms with van der Waals surface area (Å²) in [5.41, 5.74) is 0.532. The molecule has 0 saturated carbocycles. The molecule has 0 radical (unpaired) electrons. The molecule has 0 aliphatic carbocycles. The molecule has 0 fully saturated rings. The molecule has 0 amide bonds. The van der Waals surface area contributed by atoms with Crippen molar-refractivity contribution in [3.8, 4) is 11.5 Å². The second-order valence-electron chi connectivity index (χ2n) is 3.85. The Morgan fingerprint density at radius 3 is 2.62 bits per heavy atom. The molecule has 3 nitrogen and oxygen atoms in total. The summed E-state index contributed by atoms with van der Waals surface area (Å²) >= 11 is 2.14. The molecule has 1 aromatic rings. The van der Waals surface area contributed by atoms with Crippen LogP contribution in [0, 0.1) is 9.49 Å². The Hall–Kier alpha value is -0.780.